The Labute approximate surface area is 120 Å². The van der Waals surface area contributed by atoms with Crippen molar-refractivity contribution in [2.75, 3.05) is 0 Å². The molecule has 0 saturated heterocycles. The zero-order chi connectivity index (χ0) is 14.2. The second-order valence-corrected chi connectivity index (χ2v) is 4.81. The predicted molar refractivity (Wildman–Crippen MR) is 80.2 cm³/mol. The summed E-state index contributed by atoms with van der Waals surface area (Å²) in [5, 5.41) is 2.91. The van der Waals surface area contributed by atoms with Crippen LogP contribution >= 0.6 is 0 Å². The Morgan fingerprint density at radius 2 is 1.85 bits per heavy atom. The predicted octanol–water partition coefficient (Wildman–Crippen LogP) is 2.89. The maximum absolute atomic E-state index is 11.8. The standard InChI is InChI=1S/C17H20N2O/c1-2-14-5-7-15(8-6-14)9-10-17(20)19-13-16-4-3-11-18-12-16/h3-8,11-12H,2,9-10,13H2,1H3,(H,19,20). The van der Waals surface area contributed by atoms with Crippen molar-refractivity contribution in [2.24, 2.45) is 0 Å². The van der Waals surface area contributed by atoms with Crippen molar-refractivity contribution in [1.29, 1.82) is 0 Å². The van der Waals surface area contributed by atoms with Gasteiger partial charge in [0, 0.05) is 25.4 Å². The molecule has 1 N–H and O–H groups in total. The van der Waals surface area contributed by atoms with Crippen LogP contribution in [0.25, 0.3) is 0 Å². The van der Waals surface area contributed by atoms with Gasteiger partial charge in [0.2, 0.25) is 5.91 Å². The summed E-state index contributed by atoms with van der Waals surface area (Å²) in [6, 6.07) is 12.3. The molecule has 2 aromatic rings. The van der Waals surface area contributed by atoms with Crippen LogP contribution in [0.15, 0.2) is 48.8 Å². The molecule has 1 heterocycles. The molecule has 0 aliphatic rings. The monoisotopic (exact) mass is 268 g/mol. The van der Waals surface area contributed by atoms with Crippen LogP contribution in [0.3, 0.4) is 0 Å². The first-order valence-corrected chi connectivity index (χ1v) is 7.01. The van der Waals surface area contributed by atoms with Crippen LogP contribution in [0.2, 0.25) is 0 Å². The first-order chi connectivity index (χ1) is 9.78. The van der Waals surface area contributed by atoms with Gasteiger partial charge in [-0.05, 0) is 35.6 Å². The molecule has 0 radical (unpaired) electrons. The highest BCUT2D eigenvalue weighted by atomic mass is 16.1. The second kappa shape index (κ2) is 7.43. The molecule has 104 valence electrons. The molecule has 0 fully saturated rings. The largest absolute Gasteiger partial charge is 0.352 e. The molecule has 3 heteroatoms. The Balaban J connectivity index is 1.74. The summed E-state index contributed by atoms with van der Waals surface area (Å²) in [6.07, 6.45) is 5.84. The number of carbonyl (C=O) groups excluding carboxylic acids is 1. The van der Waals surface area contributed by atoms with Gasteiger partial charge < -0.3 is 5.32 Å². The molecule has 1 aromatic carbocycles. The normalized spacial score (nSPS) is 10.2. The van der Waals surface area contributed by atoms with Crippen LogP contribution in [0.4, 0.5) is 0 Å². The van der Waals surface area contributed by atoms with Gasteiger partial charge in [0.1, 0.15) is 0 Å². The Morgan fingerprint density at radius 3 is 2.50 bits per heavy atom. The average molecular weight is 268 g/mol. The molecule has 0 atom stereocenters. The van der Waals surface area contributed by atoms with E-state index in [1.807, 2.05) is 12.1 Å². The van der Waals surface area contributed by atoms with Gasteiger partial charge in [-0.25, -0.2) is 0 Å². The quantitative estimate of drug-likeness (QED) is 0.875. The second-order valence-electron chi connectivity index (χ2n) is 4.81. The SMILES string of the molecule is CCc1ccc(CCC(=O)NCc2cccnc2)cc1. The van der Waals surface area contributed by atoms with Crippen molar-refractivity contribution < 1.29 is 4.79 Å². The molecule has 0 aliphatic carbocycles. The summed E-state index contributed by atoms with van der Waals surface area (Å²) in [7, 11) is 0. The Hall–Kier alpha value is -2.16. The summed E-state index contributed by atoms with van der Waals surface area (Å²) < 4.78 is 0. The van der Waals surface area contributed by atoms with Gasteiger partial charge in [-0.3, -0.25) is 9.78 Å². The number of hydrogen-bond donors (Lipinski definition) is 1. The number of nitrogens with zero attached hydrogens (tertiary/aromatic N) is 1. The number of nitrogens with one attached hydrogen (secondary N) is 1. The fourth-order valence-electron chi connectivity index (χ4n) is 1.99. The minimum atomic E-state index is 0.0772. The lowest BCUT2D eigenvalue weighted by Crippen LogP contribution is -2.23. The first-order valence-electron chi connectivity index (χ1n) is 7.01. The topological polar surface area (TPSA) is 42.0 Å². The third-order valence-corrected chi connectivity index (χ3v) is 3.28. The first kappa shape index (κ1) is 14.3. The highest BCUT2D eigenvalue weighted by Gasteiger charge is 2.02. The Bertz CT molecular complexity index is 535. The summed E-state index contributed by atoms with van der Waals surface area (Å²) in [6.45, 7) is 2.68. The number of aromatic nitrogens is 1. The maximum atomic E-state index is 11.8. The third kappa shape index (κ3) is 4.50. The van der Waals surface area contributed by atoms with Crippen molar-refractivity contribution >= 4 is 5.91 Å². The van der Waals surface area contributed by atoms with Crippen LogP contribution < -0.4 is 5.32 Å². The van der Waals surface area contributed by atoms with Gasteiger partial charge in [-0.2, -0.15) is 0 Å². The summed E-state index contributed by atoms with van der Waals surface area (Å²) in [5.41, 5.74) is 3.56. The minimum absolute atomic E-state index is 0.0772. The van der Waals surface area contributed by atoms with E-state index < -0.39 is 0 Å². The Morgan fingerprint density at radius 1 is 1.10 bits per heavy atom. The molecule has 0 spiro atoms. The molecular formula is C17H20N2O. The minimum Gasteiger partial charge on any atom is -0.352 e. The smallest absolute Gasteiger partial charge is 0.220 e. The van der Waals surface area contributed by atoms with Gasteiger partial charge in [0.05, 0.1) is 0 Å². The van der Waals surface area contributed by atoms with Crippen molar-refractivity contribution in [3.8, 4) is 0 Å². The lowest BCUT2D eigenvalue weighted by atomic mass is 10.1. The number of aryl methyl sites for hydroxylation is 2. The number of hydrogen-bond acceptors (Lipinski definition) is 2. The van der Waals surface area contributed by atoms with Gasteiger partial charge in [0.25, 0.3) is 0 Å². The number of carbonyl (C=O) groups is 1. The van der Waals surface area contributed by atoms with E-state index in [0.717, 1.165) is 18.4 Å². The molecular weight excluding hydrogens is 248 g/mol. The number of benzene rings is 1. The van der Waals surface area contributed by atoms with E-state index in [0.29, 0.717) is 13.0 Å². The van der Waals surface area contributed by atoms with E-state index >= 15 is 0 Å². The Kier molecular flexibility index (Phi) is 5.30. The average Bonchev–Trinajstić information content (AvgIpc) is 2.52. The zero-order valence-electron chi connectivity index (χ0n) is 11.8. The van der Waals surface area contributed by atoms with E-state index in [2.05, 4.69) is 41.5 Å². The summed E-state index contributed by atoms with van der Waals surface area (Å²) in [5.74, 6) is 0.0772. The number of rotatable bonds is 6. The fraction of sp³-hybridized carbons (Fsp3) is 0.294. The molecule has 3 nitrogen and oxygen atoms in total. The molecule has 1 amide bonds. The lowest BCUT2D eigenvalue weighted by molar-refractivity contribution is -0.121. The third-order valence-electron chi connectivity index (χ3n) is 3.28. The van der Waals surface area contributed by atoms with Crippen LogP contribution in [-0.2, 0) is 24.2 Å². The fourth-order valence-corrected chi connectivity index (χ4v) is 1.99. The summed E-state index contributed by atoms with van der Waals surface area (Å²) in [4.78, 5) is 15.8. The van der Waals surface area contributed by atoms with Gasteiger partial charge in [-0.15, -0.1) is 0 Å². The van der Waals surface area contributed by atoms with Gasteiger partial charge in [-0.1, -0.05) is 37.3 Å². The van der Waals surface area contributed by atoms with E-state index in [4.69, 9.17) is 0 Å². The van der Waals surface area contributed by atoms with E-state index in [9.17, 15) is 4.79 Å². The number of pyridine rings is 1. The summed E-state index contributed by atoms with van der Waals surface area (Å²) >= 11 is 0. The van der Waals surface area contributed by atoms with Gasteiger partial charge in [0.15, 0.2) is 0 Å². The van der Waals surface area contributed by atoms with Crippen molar-refractivity contribution in [1.82, 2.24) is 10.3 Å². The maximum Gasteiger partial charge on any atom is 0.220 e. The highest BCUT2D eigenvalue weighted by molar-refractivity contribution is 5.76. The van der Waals surface area contributed by atoms with Crippen molar-refractivity contribution in [3.63, 3.8) is 0 Å². The van der Waals surface area contributed by atoms with Crippen LogP contribution in [-0.4, -0.2) is 10.9 Å². The highest BCUT2D eigenvalue weighted by Crippen LogP contribution is 2.07. The van der Waals surface area contributed by atoms with E-state index in [1.165, 1.54) is 11.1 Å². The van der Waals surface area contributed by atoms with E-state index in [1.54, 1.807) is 12.4 Å². The molecule has 0 aliphatic heterocycles. The molecule has 0 bridgehead atoms. The zero-order valence-corrected chi connectivity index (χ0v) is 11.8. The van der Waals surface area contributed by atoms with Gasteiger partial charge >= 0.3 is 0 Å². The van der Waals surface area contributed by atoms with Crippen LogP contribution in [0, 0.1) is 0 Å². The molecule has 0 saturated carbocycles. The lowest BCUT2D eigenvalue weighted by Gasteiger charge is -2.05. The molecule has 1 aromatic heterocycles. The molecule has 20 heavy (non-hydrogen) atoms. The molecule has 0 unspecified atom stereocenters. The van der Waals surface area contributed by atoms with Crippen molar-refractivity contribution in [3.05, 3.63) is 65.5 Å². The van der Waals surface area contributed by atoms with Crippen LogP contribution in [0.5, 0.6) is 0 Å². The van der Waals surface area contributed by atoms with Crippen LogP contribution in [0.1, 0.15) is 30.0 Å². The van der Waals surface area contributed by atoms with Crippen molar-refractivity contribution in [2.45, 2.75) is 32.7 Å². The molecule has 2 rings (SSSR count). The number of amides is 1. The van der Waals surface area contributed by atoms with E-state index in [-0.39, 0.29) is 5.91 Å².